The lowest BCUT2D eigenvalue weighted by atomic mass is 10.2. The maximum absolute atomic E-state index is 5.57. The second-order valence-electron chi connectivity index (χ2n) is 3.70. The van der Waals surface area contributed by atoms with Crippen molar-refractivity contribution in [3.63, 3.8) is 0 Å². The summed E-state index contributed by atoms with van der Waals surface area (Å²) in [5.74, 6) is 0. The van der Waals surface area contributed by atoms with E-state index in [0.29, 0.717) is 12.3 Å². The van der Waals surface area contributed by atoms with Gasteiger partial charge in [0.15, 0.2) is 6.29 Å². The zero-order chi connectivity index (χ0) is 10.5. The van der Waals surface area contributed by atoms with E-state index in [1.807, 2.05) is 0 Å². The smallest absolute Gasteiger partial charge is 0.157 e. The van der Waals surface area contributed by atoms with Crippen LogP contribution >= 0.6 is 0 Å². The Kier molecular flexibility index (Phi) is 3.58. The molecule has 0 saturated carbocycles. The lowest BCUT2D eigenvalue weighted by Crippen LogP contribution is -2.24. The lowest BCUT2D eigenvalue weighted by molar-refractivity contribution is -0.163. The van der Waals surface area contributed by atoms with E-state index >= 15 is 0 Å². The van der Waals surface area contributed by atoms with Gasteiger partial charge in [-0.1, -0.05) is 0 Å². The van der Waals surface area contributed by atoms with Gasteiger partial charge in [0.25, 0.3) is 0 Å². The molecule has 0 aliphatic carbocycles. The highest BCUT2D eigenvalue weighted by atomic mass is 16.7. The topological polar surface area (TPSA) is 62.3 Å². The van der Waals surface area contributed by atoms with E-state index < -0.39 is 0 Å². The highest BCUT2D eigenvalue weighted by molar-refractivity contribution is 5.30. The van der Waals surface area contributed by atoms with Gasteiger partial charge in [0.1, 0.15) is 0 Å². The molecule has 2 rings (SSSR count). The molecule has 0 radical (unpaired) electrons. The molecule has 0 spiro atoms. The number of ether oxygens (including phenoxy) is 2. The maximum atomic E-state index is 5.57. The minimum atomic E-state index is -0.0216. The molecule has 5 nitrogen and oxygen atoms in total. The zero-order valence-corrected chi connectivity index (χ0v) is 8.76. The van der Waals surface area contributed by atoms with Gasteiger partial charge in [0.05, 0.1) is 25.0 Å². The summed E-state index contributed by atoms with van der Waals surface area (Å²) in [4.78, 5) is 0. The van der Waals surface area contributed by atoms with Crippen LogP contribution in [-0.2, 0) is 16.0 Å². The fourth-order valence-corrected chi connectivity index (χ4v) is 1.62. The van der Waals surface area contributed by atoms with Crippen molar-refractivity contribution in [1.29, 1.82) is 0 Å². The Labute approximate surface area is 89.2 Å². The Balaban J connectivity index is 1.65. The molecule has 0 bridgehead atoms. The molecule has 1 aliphatic heterocycles. The Hall–Kier alpha value is -1.07. The summed E-state index contributed by atoms with van der Waals surface area (Å²) < 4.78 is 12.8. The van der Waals surface area contributed by atoms with Crippen LogP contribution in [0.4, 0.5) is 5.69 Å². The van der Waals surface area contributed by atoms with Crippen LogP contribution in [0.5, 0.6) is 0 Å². The van der Waals surface area contributed by atoms with E-state index in [-0.39, 0.29) is 6.29 Å². The fourth-order valence-electron chi connectivity index (χ4n) is 1.62. The summed E-state index contributed by atoms with van der Waals surface area (Å²) >= 11 is 0. The van der Waals surface area contributed by atoms with Gasteiger partial charge >= 0.3 is 0 Å². The first-order chi connectivity index (χ1) is 7.34. The third-order valence-corrected chi connectivity index (χ3v) is 2.42. The molecule has 1 aromatic rings. The third-order valence-electron chi connectivity index (χ3n) is 2.42. The van der Waals surface area contributed by atoms with Crippen molar-refractivity contribution < 1.29 is 9.47 Å². The molecule has 2 N–H and O–H groups in total. The molecule has 1 saturated heterocycles. The van der Waals surface area contributed by atoms with Gasteiger partial charge in [-0.25, -0.2) is 0 Å². The molecular formula is C10H17N3O2. The molecule has 1 atom stereocenters. The predicted octanol–water partition coefficient (Wildman–Crippen LogP) is 1.01. The number of nitrogen functional groups attached to an aromatic ring is 1. The number of aromatic nitrogens is 2. The van der Waals surface area contributed by atoms with Crippen molar-refractivity contribution in [2.45, 2.75) is 32.1 Å². The normalized spacial score (nSPS) is 21.7. The van der Waals surface area contributed by atoms with E-state index in [2.05, 4.69) is 5.10 Å². The van der Waals surface area contributed by atoms with E-state index in [4.69, 9.17) is 15.2 Å². The van der Waals surface area contributed by atoms with E-state index in [0.717, 1.165) is 26.0 Å². The SMILES string of the molecule is Nc1cnn(CCO[C@H]2CCCCO2)c1. The molecule has 1 aliphatic rings. The second kappa shape index (κ2) is 5.14. The molecule has 15 heavy (non-hydrogen) atoms. The van der Waals surface area contributed by atoms with Gasteiger partial charge < -0.3 is 15.2 Å². The molecule has 0 aromatic carbocycles. The standard InChI is InChI=1S/C10H17N3O2/c11-9-7-12-13(8-9)4-6-15-10-3-1-2-5-14-10/h7-8,10H,1-6,11H2/t10-/m0/s1. The van der Waals surface area contributed by atoms with Crippen molar-refractivity contribution in [3.05, 3.63) is 12.4 Å². The quantitative estimate of drug-likeness (QED) is 0.807. The number of nitrogens with two attached hydrogens (primary N) is 1. The summed E-state index contributed by atoms with van der Waals surface area (Å²) in [6.07, 6.45) is 6.75. The first-order valence-corrected chi connectivity index (χ1v) is 5.36. The van der Waals surface area contributed by atoms with Crippen molar-refractivity contribution in [1.82, 2.24) is 9.78 Å². The van der Waals surface area contributed by atoms with Crippen LogP contribution in [0.15, 0.2) is 12.4 Å². The van der Waals surface area contributed by atoms with Crippen LogP contribution in [0.1, 0.15) is 19.3 Å². The molecule has 0 amide bonds. The Morgan fingerprint density at radius 1 is 1.60 bits per heavy atom. The zero-order valence-electron chi connectivity index (χ0n) is 8.76. The van der Waals surface area contributed by atoms with Crippen molar-refractivity contribution in [3.8, 4) is 0 Å². The van der Waals surface area contributed by atoms with Gasteiger partial charge in [-0.05, 0) is 19.3 Å². The lowest BCUT2D eigenvalue weighted by Gasteiger charge is -2.22. The Bertz CT molecular complexity index is 295. The number of anilines is 1. The number of hydrogen-bond donors (Lipinski definition) is 1. The molecule has 84 valence electrons. The fraction of sp³-hybridized carbons (Fsp3) is 0.700. The first-order valence-electron chi connectivity index (χ1n) is 5.36. The van der Waals surface area contributed by atoms with Gasteiger partial charge in [-0.15, -0.1) is 0 Å². The molecule has 1 fully saturated rings. The number of nitrogens with zero attached hydrogens (tertiary/aromatic N) is 2. The van der Waals surface area contributed by atoms with Gasteiger partial charge in [0, 0.05) is 12.8 Å². The average Bonchev–Trinajstić information content (AvgIpc) is 2.66. The van der Waals surface area contributed by atoms with Gasteiger partial charge in [-0.3, -0.25) is 4.68 Å². The third kappa shape index (κ3) is 3.21. The Morgan fingerprint density at radius 3 is 3.20 bits per heavy atom. The van der Waals surface area contributed by atoms with Crippen LogP contribution in [0.2, 0.25) is 0 Å². The second-order valence-corrected chi connectivity index (χ2v) is 3.70. The van der Waals surface area contributed by atoms with E-state index in [1.165, 1.54) is 6.42 Å². The van der Waals surface area contributed by atoms with E-state index in [9.17, 15) is 0 Å². The molecule has 0 unspecified atom stereocenters. The molecule has 2 heterocycles. The van der Waals surface area contributed by atoms with Gasteiger partial charge in [-0.2, -0.15) is 5.10 Å². The molecular weight excluding hydrogens is 194 g/mol. The van der Waals surface area contributed by atoms with Gasteiger partial charge in [0.2, 0.25) is 0 Å². The molecule has 5 heteroatoms. The van der Waals surface area contributed by atoms with Crippen LogP contribution in [0.3, 0.4) is 0 Å². The van der Waals surface area contributed by atoms with Crippen molar-refractivity contribution in [2.75, 3.05) is 18.9 Å². The molecule has 1 aromatic heterocycles. The van der Waals surface area contributed by atoms with Crippen molar-refractivity contribution in [2.24, 2.45) is 0 Å². The predicted molar refractivity (Wildman–Crippen MR) is 56.2 cm³/mol. The van der Waals surface area contributed by atoms with Crippen LogP contribution in [-0.4, -0.2) is 29.3 Å². The summed E-state index contributed by atoms with van der Waals surface area (Å²) in [6.45, 7) is 2.15. The van der Waals surface area contributed by atoms with Crippen molar-refractivity contribution >= 4 is 5.69 Å². The number of hydrogen-bond acceptors (Lipinski definition) is 4. The minimum Gasteiger partial charge on any atom is -0.396 e. The summed E-state index contributed by atoms with van der Waals surface area (Å²) in [6, 6.07) is 0. The van der Waals surface area contributed by atoms with Crippen LogP contribution in [0.25, 0.3) is 0 Å². The summed E-state index contributed by atoms with van der Waals surface area (Å²) in [5.41, 5.74) is 6.23. The maximum Gasteiger partial charge on any atom is 0.157 e. The largest absolute Gasteiger partial charge is 0.396 e. The monoisotopic (exact) mass is 211 g/mol. The summed E-state index contributed by atoms with van der Waals surface area (Å²) in [5, 5.41) is 4.07. The minimum absolute atomic E-state index is 0.0216. The highest BCUT2D eigenvalue weighted by Crippen LogP contribution is 2.13. The van der Waals surface area contributed by atoms with Crippen LogP contribution < -0.4 is 5.73 Å². The first kappa shape index (κ1) is 10.4. The number of rotatable bonds is 4. The summed E-state index contributed by atoms with van der Waals surface area (Å²) in [7, 11) is 0. The van der Waals surface area contributed by atoms with Crippen LogP contribution in [0, 0.1) is 0 Å². The highest BCUT2D eigenvalue weighted by Gasteiger charge is 2.13. The average molecular weight is 211 g/mol. The van der Waals surface area contributed by atoms with E-state index in [1.54, 1.807) is 17.1 Å². The Morgan fingerprint density at radius 2 is 2.53 bits per heavy atom.